The van der Waals surface area contributed by atoms with Crippen molar-refractivity contribution in [2.75, 3.05) is 59.3 Å². The number of nitrogens with one attached hydrogen (secondary N) is 1. The summed E-state index contributed by atoms with van der Waals surface area (Å²) in [6.45, 7) is 12.6. The number of hydrogen-bond acceptors (Lipinski definition) is 5. The maximum absolute atomic E-state index is 12.1. The second-order valence-corrected chi connectivity index (χ2v) is 6.93. The van der Waals surface area contributed by atoms with Gasteiger partial charge in [-0.2, -0.15) is 0 Å². The Morgan fingerprint density at radius 3 is 2.12 bits per heavy atom. The monoisotopic (exact) mass is 449 g/mol. The van der Waals surface area contributed by atoms with Crippen molar-refractivity contribution < 1.29 is 53.1 Å². The number of carbonyl (C=O) groups excluding carboxylic acids is 1. The first-order valence-electron chi connectivity index (χ1n) is 9.87. The zero-order valence-corrected chi connectivity index (χ0v) is 19.8. The van der Waals surface area contributed by atoms with Gasteiger partial charge in [-0.25, -0.2) is 0 Å². The van der Waals surface area contributed by atoms with Crippen LogP contribution in [-0.4, -0.2) is 76.1 Å². The van der Waals surface area contributed by atoms with E-state index < -0.39 is 0 Å². The number of amides is 1. The first kappa shape index (κ1) is 26.4. The Morgan fingerprint density at radius 1 is 1.04 bits per heavy atom. The largest absolute Gasteiger partial charge is 0.379 e. The molecule has 1 amide bonds. The number of hydrogen-bond donors (Lipinski definition) is 1. The summed E-state index contributed by atoms with van der Waals surface area (Å²) in [7, 11) is 0. The molecular weight excluding hydrogens is 409 g/mol. The summed E-state index contributed by atoms with van der Waals surface area (Å²) in [6.07, 6.45) is 3.99. The van der Waals surface area contributed by atoms with Gasteiger partial charge in [-0.05, 0) is 18.8 Å². The Bertz CT molecular complexity index is 344. The van der Waals surface area contributed by atoms with Crippen LogP contribution in [0.25, 0.3) is 0 Å². The minimum Gasteiger partial charge on any atom is -0.379 e. The Balaban J connectivity index is 0. The van der Waals surface area contributed by atoms with Gasteiger partial charge in [0.05, 0.1) is 46.1 Å². The van der Waals surface area contributed by atoms with Crippen LogP contribution in [-0.2, 0) is 51.7 Å². The van der Waals surface area contributed by atoms with E-state index in [1.807, 2.05) is 4.90 Å². The predicted octanol–water partition coefficient (Wildman–Crippen LogP) is 2.32. The minimum atomic E-state index is 0. The molecule has 1 saturated heterocycles. The van der Waals surface area contributed by atoms with Crippen LogP contribution in [0, 0.1) is 5.92 Å². The van der Waals surface area contributed by atoms with Gasteiger partial charge in [0.2, 0.25) is 5.91 Å². The van der Waals surface area contributed by atoms with Crippen LogP contribution < -0.4 is 5.32 Å². The summed E-state index contributed by atoms with van der Waals surface area (Å²) >= 11 is 0. The molecule has 0 spiro atoms. The summed E-state index contributed by atoms with van der Waals surface area (Å²) < 4.78 is 16.4. The van der Waals surface area contributed by atoms with Gasteiger partial charge >= 0.3 is 0 Å². The Labute approximate surface area is 186 Å². The van der Waals surface area contributed by atoms with Gasteiger partial charge in [-0.1, -0.05) is 27.2 Å². The van der Waals surface area contributed by atoms with Crippen LogP contribution in [0.2, 0.25) is 0 Å². The summed E-state index contributed by atoms with van der Waals surface area (Å²) in [5.74, 6) is 1.02. The molecule has 1 fully saturated rings. The molecule has 0 bridgehead atoms. The van der Waals surface area contributed by atoms with E-state index in [0.717, 1.165) is 38.4 Å². The van der Waals surface area contributed by atoms with Gasteiger partial charge in [-0.15, -0.1) is 0 Å². The smallest absolute Gasteiger partial charge is 0.224 e. The van der Waals surface area contributed by atoms with Crippen molar-refractivity contribution in [3.8, 4) is 0 Å². The molecular formula is C19H40N2O4Y. The van der Waals surface area contributed by atoms with Crippen molar-refractivity contribution in [3.05, 3.63) is 0 Å². The maximum atomic E-state index is 12.1. The van der Waals surface area contributed by atoms with Gasteiger partial charge in [0.25, 0.3) is 0 Å². The van der Waals surface area contributed by atoms with Crippen LogP contribution in [0.1, 0.15) is 47.9 Å². The molecule has 0 atom stereocenters. The zero-order valence-electron chi connectivity index (χ0n) is 17.0. The number of rotatable bonds is 14. The minimum absolute atomic E-state index is 0. The molecule has 1 radical (unpaired) electrons. The van der Waals surface area contributed by atoms with Crippen molar-refractivity contribution in [2.24, 2.45) is 5.92 Å². The Hall–Kier alpha value is 0.414. The second kappa shape index (κ2) is 17.5. The predicted molar refractivity (Wildman–Crippen MR) is 102 cm³/mol. The van der Waals surface area contributed by atoms with Crippen LogP contribution >= 0.6 is 0 Å². The summed E-state index contributed by atoms with van der Waals surface area (Å²) in [4.78, 5) is 14.1. The third kappa shape index (κ3) is 13.6. The van der Waals surface area contributed by atoms with E-state index in [0.29, 0.717) is 52.1 Å². The van der Waals surface area contributed by atoms with Gasteiger partial charge in [0.1, 0.15) is 0 Å². The van der Waals surface area contributed by atoms with Crippen molar-refractivity contribution >= 4 is 5.91 Å². The molecule has 0 aliphatic carbocycles. The Kier molecular flexibility index (Phi) is 17.8. The van der Waals surface area contributed by atoms with E-state index in [-0.39, 0.29) is 40.0 Å². The molecule has 1 aliphatic heterocycles. The third-order valence-corrected chi connectivity index (χ3v) is 4.55. The molecule has 1 N–H and O–H groups in total. The molecule has 0 aromatic rings. The number of piperidine rings is 1. The normalized spacial score (nSPS) is 15.3. The zero-order chi connectivity index (χ0) is 18.3. The van der Waals surface area contributed by atoms with Crippen molar-refractivity contribution in [1.29, 1.82) is 0 Å². The van der Waals surface area contributed by atoms with Crippen LogP contribution in [0.5, 0.6) is 0 Å². The molecule has 0 unspecified atom stereocenters. The fraction of sp³-hybridized carbons (Fsp3) is 0.947. The van der Waals surface area contributed by atoms with Crippen LogP contribution in [0.15, 0.2) is 0 Å². The van der Waals surface area contributed by atoms with E-state index in [1.54, 1.807) is 0 Å². The van der Waals surface area contributed by atoms with Gasteiger partial charge in [-0.3, -0.25) is 4.79 Å². The quantitative estimate of drug-likeness (QED) is 0.413. The molecule has 7 heteroatoms. The summed E-state index contributed by atoms with van der Waals surface area (Å²) in [5, 5.41) is 3.29. The molecule has 26 heavy (non-hydrogen) atoms. The number of ether oxygens (including phenoxy) is 3. The first-order valence-corrected chi connectivity index (χ1v) is 9.87. The number of likely N-dealkylation sites (tertiary alicyclic amines) is 1. The average Bonchev–Trinajstić information content (AvgIpc) is 2.62. The maximum Gasteiger partial charge on any atom is 0.224 e. The van der Waals surface area contributed by atoms with Crippen LogP contribution in [0.4, 0.5) is 0 Å². The standard InChI is InChI=1S/C19H38N2O4.Y.H2/c1-4-18-5-9-21(10-6-18)19(22)7-11-23-13-15-25-16-14-24-12-8-20-17(2)3;;/h17-18,20H,4-16H2,1-3H3;;1H. The van der Waals surface area contributed by atoms with Crippen LogP contribution in [0.3, 0.4) is 0 Å². The molecule has 0 saturated carbocycles. The third-order valence-electron chi connectivity index (χ3n) is 4.55. The van der Waals surface area contributed by atoms with Crippen molar-refractivity contribution in [1.82, 2.24) is 10.2 Å². The van der Waals surface area contributed by atoms with E-state index in [1.165, 1.54) is 6.42 Å². The van der Waals surface area contributed by atoms with E-state index >= 15 is 0 Å². The van der Waals surface area contributed by atoms with E-state index in [9.17, 15) is 4.79 Å². The van der Waals surface area contributed by atoms with E-state index in [2.05, 4.69) is 26.1 Å². The van der Waals surface area contributed by atoms with Gasteiger partial charge < -0.3 is 24.4 Å². The molecule has 6 nitrogen and oxygen atoms in total. The molecule has 1 rings (SSSR count). The molecule has 153 valence electrons. The van der Waals surface area contributed by atoms with E-state index in [4.69, 9.17) is 14.2 Å². The number of nitrogens with zero attached hydrogens (tertiary/aromatic N) is 1. The Morgan fingerprint density at radius 2 is 1.58 bits per heavy atom. The van der Waals surface area contributed by atoms with Gasteiger partial charge in [0, 0.05) is 59.8 Å². The topological polar surface area (TPSA) is 60.0 Å². The van der Waals surface area contributed by atoms with Crippen molar-refractivity contribution in [2.45, 2.75) is 52.5 Å². The SMILES string of the molecule is CCC1CCN(C(=O)CCOCCOCCOCCNC(C)C)CC1.[HH].[Y]. The number of carbonyl (C=O) groups is 1. The average molecular weight is 449 g/mol. The van der Waals surface area contributed by atoms with Gasteiger partial charge in [0.15, 0.2) is 0 Å². The fourth-order valence-electron chi connectivity index (χ4n) is 2.87. The summed E-state index contributed by atoms with van der Waals surface area (Å²) in [5.41, 5.74) is 0. The molecule has 1 heterocycles. The molecule has 0 aromatic carbocycles. The molecule has 0 aromatic heterocycles. The summed E-state index contributed by atoms with van der Waals surface area (Å²) in [6, 6.07) is 0.493. The van der Waals surface area contributed by atoms with Crippen molar-refractivity contribution in [3.63, 3.8) is 0 Å². The molecule has 1 aliphatic rings. The fourth-order valence-corrected chi connectivity index (χ4v) is 2.87. The second-order valence-electron chi connectivity index (χ2n) is 6.93. The first-order chi connectivity index (χ1) is 12.1.